The average Bonchev–Trinajstić information content (AvgIpc) is 3.45. The van der Waals surface area contributed by atoms with Gasteiger partial charge in [-0.2, -0.15) is 0 Å². The molecule has 0 aliphatic carbocycles. The molecule has 0 bridgehead atoms. The van der Waals surface area contributed by atoms with Crippen LogP contribution in [0.1, 0.15) is 11.1 Å². The summed E-state index contributed by atoms with van der Waals surface area (Å²) in [7, 11) is 0. The summed E-state index contributed by atoms with van der Waals surface area (Å²) in [6.45, 7) is 4.26. The van der Waals surface area contributed by atoms with Crippen molar-refractivity contribution >= 4 is 22.7 Å². The minimum atomic E-state index is 1.28. The molecule has 30 heavy (non-hydrogen) atoms. The van der Waals surface area contributed by atoms with Crippen LogP contribution in [0.3, 0.4) is 0 Å². The molecule has 0 saturated heterocycles. The molecule has 0 N–H and O–H groups in total. The fraction of sp³-hybridized carbons (Fsp3) is 0.0714. The van der Waals surface area contributed by atoms with Gasteiger partial charge in [0.1, 0.15) is 0 Å². The Bertz CT molecular complexity index is 1190. The molecule has 5 aromatic rings. The normalized spacial score (nSPS) is 11.0. The Balaban J connectivity index is 1.44. The smallest absolute Gasteiger partial charge is 0.0349 e. The second kappa shape index (κ2) is 8.06. The van der Waals surface area contributed by atoms with Crippen LogP contribution >= 0.6 is 22.7 Å². The van der Waals surface area contributed by atoms with Crippen molar-refractivity contribution in [3.8, 4) is 41.8 Å². The van der Waals surface area contributed by atoms with E-state index in [-0.39, 0.29) is 0 Å². The molecular weight excluding hydrogens is 400 g/mol. The highest BCUT2D eigenvalue weighted by Crippen LogP contribution is 2.38. The van der Waals surface area contributed by atoms with Gasteiger partial charge in [-0.15, -0.1) is 22.7 Å². The van der Waals surface area contributed by atoms with E-state index in [9.17, 15) is 0 Å². The van der Waals surface area contributed by atoms with Gasteiger partial charge in [-0.3, -0.25) is 0 Å². The molecule has 0 fully saturated rings. The van der Waals surface area contributed by atoms with Crippen molar-refractivity contribution < 1.29 is 0 Å². The van der Waals surface area contributed by atoms with Crippen LogP contribution in [-0.2, 0) is 0 Å². The third-order valence-electron chi connectivity index (χ3n) is 5.32. The van der Waals surface area contributed by atoms with Gasteiger partial charge in [0.05, 0.1) is 0 Å². The Morgan fingerprint density at radius 2 is 0.767 bits per heavy atom. The number of thiophene rings is 2. The second-order valence-electron chi connectivity index (χ2n) is 7.64. The number of rotatable bonds is 4. The standard InChI is InChI=1S/C28H22S2/c1-19-6-10-21(11-7-19)25-14-16-27(29-25)23-4-3-5-24(18-23)28-17-15-26(30-28)22-12-8-20(2)9-13-22/h3-18H,1-2H3. The van der Waals surface area contributed by atoms with Crippen molar-refractivity contribution in [1.29, 1.82) is 0 Å². The van der Waals surface area contributed by atoms with E-state index in [1.807, 2.05) is 22.7 Å². The first-order chi connectivity index (χ1) is 14.7. The maximum atomic E-state index is 2.31. The van der Waals surface area contributed by atoms with E-state index in [1.54, 1.807) is 0 Å². The highest BCUT2D eigenvalue weighted by molar-refractivity contribution is 7.19. The topological polar surface area (TPSA) is 0 Å². The fourth-order valence-electron chi connectivity index (χ4n) is 3.56. The number of aryl methyl sites for hydroxylation is 2. The van der Waals surface area contributed by atoms with Crippen LogP contribution in [0, 0.1) is 13.8 Å². The zero-order chi connectivity index (χ0) is 20.5. The Morgan fingerprint density at radius 1 is 0.400 bits per heavy atom. The largest absolute Gasteiger partial charge is 0.135 e. The lowest BCUT2D eigenvalue weighted by Crippen LogP contribution is -1.75. The number of hydrogen-bond acceptors (Lipinski definition) is 2. The molecule has 0 saturated carbocycles. The van der Waals surface area contributed by atoms with Crippen LogP contribution in [0.2, 0.25) is 0 Å². The van der Waals surface area contributed by atoms with Gasteiger partial charge in [-0.25, -0.2) is 0 Å². The zero-order valence-electron chi connectivity index (χ0n) is 17.1. The highest BCUT2D eigenvalue weighted by Gasteiger charge is 2.09. The molecule has 2 heterocycles. The molecule has 0 unspecified atom stereocenters. The summed E-state index contributed by atoms with van der Waals surface area (Å²) in [4.78, 5) is 5.24. The number of benzene rings is 3. The Kier molecular flexibility index (Phi) is 5.12. The van der Waals surface area contributed by atoms with Crippen LogP contribution in [0.15, 0.2) is 97.1 Å². The van der Waals surface area contributed by atoms with E-state index >= 15 is 0 Å². The molecule has 0 amide bonds. The molecule has 2 heteroatoms. The van der Waals surface area contributed by atoms with Gasteiger partial charge in [0.2, 0.25) is 0 Å². The monoisotopic (exact) mass is 422 g/mol. The minimum Gasteiger partial charge on any atom is -0.135 e. The zero-order valence-corrected chi connectivity index (χ0v) is 18.7. The van der Waals surface area contributed by atoms with Crippen LogP contribution in [0.5, 0.6) is 0 Å². The fourth-order valence-corrected chi connectivity index (χ4v) is 5.57. The van der Waals surface area contributed by atoms with Crippen molar-refractivity contribution in [3.63, 3.8) is 0 Å². The summed E-state index contributed by atoms with van der Waals surface area (Å²) in [5.74, 6) is 0. The molecule has 0 radical (unpaired) electrons. The van der Waals surface area contributed by atoms with Crippen molar-refractivity contribution in [3.05, 3.63) is 108 Å². The van der Waals surface area contributed by atoms with E-state index in [0.29, 0.717) is 0 Å². The van der Waals surface area contributed by atoms with Gasteiger partial charge in [0, 0.05) is 19.5 Å². The van der Waals surface area contributed by atoms with E-state index < -0.39 is 0 Å². The summed E-state index contributed by atoms with van der Waals surface area (Å²) in [6.07, 6.45) is 0. The van der Waals surface area contributed by atoms with Crippen molar-refractivity contribution in [2.24, 2.45) is 0 Å². The quantitative estimate of drug-likeness (QED) is 0.271. The molecule has 0 atom stereocenters. The second-order valence-corrected chi connectivity index (χ2v) is 9.81. The molecule has 0 spiro atoms. The van der Waals surface area contributed by atoms with Crippen LogP contribution in [-0.4, -0.2) is 0 Å². The maximum Gasteiger partial charge on any atom is 0.0349 e. The predicted octanol–water partition coefficient (Wildman–Crippen LogP) is 9.09. The summed E-state index contributed by atoms with van der Waals surface area (Å²) in [5.41, 5.74) is 7.72. The van der Waals surface area contributed by atoms with E-state index in [1.165, 1.54) is 52.9 Å². The summed E-state index contributed by atoms with van der Waals surface area (Å²) < 4.78 is 0. The lowest BCUT2D eigenvalue weighted by Gasteiger charge is -2.03. The summed E-state index contributed by atoms with van der Waals surface area (Å²) >= 11 is 3.71. The third-order valence-corrected chi connectivity index (χ3v) is 7.68. The van der Waals surface area contributed by atoms with E-state index in [2.05, 4.69) is 111 Å². The van der Waals surface area contributed by atoms with Crippen molar-refractivity contribution in [1.82, 2.24) is 0 Å². The van der Waals surface area contributed by atoms with Gasteiger partial charge in [-0.05, 0) is 66.4 Å². The van der Waals surface area contributed by atoms with Crippen LogP contribution in [0.4, 0.5) is 0 Å². The highest BCUT2D eigenvalue weighted by atomic mass is 32.1. The van der Waals surface area contributed by atoms with Gasteiger partial charge in [-0.1, -0.05) is 77.9 Å². The first-order valence-electron chi connectivity index (χ1n) is 10.1. The molecule has 146 valence electrons. The molecule has 0 aliphatic heterocycles. The lowest BCUT2D eigenvalue weighted by atomic mass is 10.1. The van der Waals surface area contributed by atoms with Crippen molar-refractivity contribution in [2.45, 2.75) is 13.8 Å². The third kappa shape index (κ3) is 3.89. The summed E-state index contributed by atoms with van der Waals surface area (Å²) in [5, 5.41) is 0. The van der Waals surface area contributed by atoms with Gasteiger partial charge in [0.25, 0.3) is 0 Å². The molecule has 3 aromatic carbocycles. The summed E-state index contributed by atoms with van der Waals surface area (Å²) in [6, 6.07) is 35.4. The predicted molar refractivity (Wildman–Crippen MR) is 133 cm³/mol. The average molecular weight is 423 g/mol. The van der Waals surface area contributed by atoms with Gasteiger partial charge >= 0.3 is 0 Å². The Hall–Kier alpha value is -2.94. The Labute approximate surface area is 186 Å². The maximum absolute atomic E-state index is 2.31. The van der Waals surface area contributed by atoms with E-state index in [0.717, 1.165) is 0 Å². The SMILES string of the molecule is Cc1ccc(-c2ccc(-c3cccc(-c4ccc(-c5ccc(C)cc5)s4)c3)s2)cc1. The first-order valence-corrected chi connectivity index (χ1v) is 11.7. The first kappa shape index (κ1) is 19.0. The van der Waals surface area contributed by atoms with Crippen LogP contribution < -0.4 is 0 Å². The number of hydrogen-bond donors (Lipinski definition) is 0. The Morgan fingerprint density at radius 3 is 1.17 bits per heavy atom. The molecule has 0 nitrogen and oxygen atoms in total. The van der Waals surface area contributed by atoms with Crippen LogP contribution in [0.25, 0.3) is 41.8 Å². The van der Waals surface area contributed by atoms with E-state index in [4.69, 9.17) is 0 Å². The minimum absolute atomic E-state index is 1.28. The van der Waals surface area contributed by atoms with Gasteiger partial charge in [0.15, 0.2) is 0 Å². The lowest BCUT2D eigenvalue weighted by molar-refractivity contribution is 1.48. The van der Waals surface area contributed by atoms with Crippen molar-refractivity contribution in [2.75, 3.05) is 0 Å². The molecular formula is C28H22S2. The molecule has 5 rings (SSSR count). The van der Waals surface area contributed by atoms with Gasteiger partial charge < -0.3 is 0 Å². The molecule has 0 aliphatic rings. The molecule has 2 aromatic heterocycles.